The molecule has 0 fully saturated rings. The van der Waals surface area contributed by atoms with Crippen molar-refractivity contribution in [3.05, 3.63) is 33.3 Å². The maximum Gasteiger partial charge on any atom is 0.0457 e. The van der Waals surface area contributed by atoms with Crippen LogP contribution in [0, 0.1) is 5.41 Å². The Morgan fingerprint density at radius 1 is 1.26 bits per heavy atom. The average Bonchev–Trinajstić information content (AvgIpc) is 2.48. The van der Waals surface area contributed by atoms with Crippen LogP contribution in [0.1, 0.15) is 57.2 Å². The molecule has 1 N–H and O–H groups in total. The Labute approximate surface area is 126 Å². The van der Waals surface area contributed by atoms with Crippen LogP contribution < -0.4 is 5.32 Å². The second kappa shape index (κ2) is 6.03. The third kappa shape index (κ3) is 3.45. The Morgan fingerprint density at radius 3 is 2.63 bits per heavy atom. The van der Waals surface area contributed by atoms with Gasteiger partial charge in [0.05, 0.1) is 0 Å². The predicted molar refractivity (Wildman–Crippen MR) is 84.2 cm³/mol. The van der Waals surface area contributed by atoms with E-state index in [4.69, 9.17) is 23.2 Å². The van der Waals surface area contributed by atoms with Crippen LogP contribution in [0.2, 0.25) is 10.0 Å². The molecule has 1 atom stereocenters. The van der Waals surface area contributed by atoms with Gasteiger partial charge in [-0.05, 0) is 60.9 Å². The zero-order valence-corrected chi connectivity index (χ0v) is 13.5. The molecule has 1 aliphatic carbocycles. The van der Waals surface area contributed by atoms with Gasteiger partial charge in [-0.3, -0.25) is 0 Å². The Bertz CT molecular complexity index is 454. The van der Waals surface area contributed by atoms with Gasteiger partial charge in [0.2, 0.25) is 0 Å². The van der Waals surface area contributed by atoms with E-state index in [0.29, 0.717) is 11.5 Å². The van der Waals surface area contributed by atoms with Crippen molar-refractivity contribution < 1.29 is 0 Å². The van der Waals surface area contributed by atoms with Crippen molar-refractivity contribution in [2.24, 2.45) is 5.41 Å². The average molecular weight is 300 g/mol. The number of nitrogens with one attached hydrogen (secondary N) is 1. The number of rotatable bonds is 3. The van der Waals surface area contributed by atoms with Crippen LogP contribution in [-0.4, -0.2) is 6.54 Å². The Morgan fingerprint density at radius 2 is 1.95 bits per heavy atom. The summed E-state index contributed by atoms with van der Waals surface area (Å²) in [6.07, 6.45) is 4.42. The van der Waals surface area contributed by atoms with Gasteiger partial charge in [0.15, 0.2) is 0 Å². The van der Waals surface area contributed by atoms with E-state index in [1.807, 2.05) is 12.1 Å². The summed E-state index contributed by atoms with van der Waals surface area (Å²) in [5.74, 6) is 0. The molecule has 0 spiro atoms. The number of hydrogen-bond donors (Lipinski definition) is 1. The summed E-state index contributed by atoms with van der Waals surface area (Å²) in [4.78, 5) is 0. The maximum absolute atomic E-state index is 6.45. The lowest BCUT2D eigenvalue weighted by molar-refractivity contribution is 0.273. The van der Waals surface area contributed by atoms with E-state index in [9.17, 15) is 0 Å². The second-order valence-corrected chi connectivity index (χ2v) is 7.11. The van der Waals surface area contributed by atoms with E-state index in [2.05, 4.69) is 26.1 Å². The molecule has 0 saturated heterocycles. The molecule has 0 saturated carbocycles. The lowest BCUT2D eigenvalue weighted by Gasteiger charge is -2.28. The fraction of sp³-hybridized carbons (Fsp3) is 0.625. The van der Waals surface area contributed by atoms with Gasteiger partial charge >= 0.3 is 0 Å². The molecule has 0 aromatic heterocycles. The number of halogens is 2. The minimum absolute atomic E-state index is 0.317. The van der Waals surface area contributed by atoms with Crippen molar-refractivity contribution in [3.63, 3.8) is 0 Å². The smallest absolute Gasteiger partial charge is 0.0457 e. The third-order valence-corrected chi connectivity index (χ3v) is 4.73. The molecular weight excluding hydrogens is 277 g/mol. The normalized spacial score (nSPS) is 21.8. The van der Waals surface area contributed by atoms with E-state index in [0.717, 1.165) is 42.3 Å². The molecule has 1 unspecified atom stereocenters. The monoisotopic (exact) mass is 299 g/mol. The number of fused-ring (bicyclic) bond motifs is 1. The molecule has 0 heterocycles. The first-order valence-electron chi connectivity index (χ1n) is 7.15. The fourth-order valence-corrected chi connectivity index (χ4v) is 3.52. The maximum atomic E-state index is 6.45. The summed E-state index contributed by atoms with van der Waals surface area (Å²) in [6.45, 7) is 7.88. The molecule has 106 valence electrons. The summed E-state index contributed by atoms with van der Waals surface area (Å²) in [6, 6.07) is 4.18. The first kappa shape index (κ1) is 15.2. The highest BCUT2D eigenvalue weighted by Crippen LogP contribution is 2.43. The first-order chi connectivity index (χ1) is 8.94. The van der Waals surface area contributed by atoms with Gasteiger partial charge in [0, 0.05) is 16.1 Å². The number of hydrogen-bond acceptors (Lipinski definition) is 1. The van der Waals surface area contributed by atoms with Crippen LogP contribution in [0.4, 0.5) is 0 Å². The minimum atomic E-state index is 0.317. The molecule has 19 heavy (non-hydrogen) atoms. The Kier molecular flexibility index (Phi) is 4.81. The van der Waals surface area contributed by atoms with Crippen LogP contribution in [-0.2, 0) is 6.42 Å². The molecule has 1 nitrogen and oxygen atoms in total. The predicted octanol–water partition coefficient (Wildman–Crippen LogP) is 5.40. The molecule has 3 heteroatoms. The van der Waals surface area contributed by atoms with E-state index < -0.39 is 0 Å². The fourth-order valence-electron chi connectivity index (χ4n) is 2.95. The molecule has 1 aliphatic rings. The summed E-state index contributed by atoms with van der Waals surface area (Å²) in [5.41, 5.74) is 2.79. The quantitative estimate of drug-likeness (QED) is 0.737. The Hall–Kier alpha value is -0.240. The van der Waals surface area contributed by atoms with Crippen LogP contribution >= 0.6 is 23.2 Å². The van der Waals surface area contributed by atoms with Crippen LogP contribution in [0.25, 0.3) is 0 Å². The molecule has 1 aromatic carbocycles. The second-order valence-electron chi connectivity index (χ2n) is 6.30. The van der Waals surface area contributed by atoms with Crippen LogP contribution in [0.3, 0.4) is 0 Å². The summed E-state index contributed by atoms with van der Waals surface area (Å²) in [5, 5.41) is 5.36. The third-order valence-electron chi connectivity index (χ3n) is 4.04. The highest BCUT2D eigenvalue weighted by atomic mass is 35.5. The first-order valence-corrected chi connectivity index (χ1v) is 7.90. The number of benzene rings is 1. The molecule has 0 amide bonds. The molecule has 0 bridgehead atoms. The van der Waals surface area contributed by atoms with Gasteiger partial charge in [-0.25, -0.2) is 0 Å². The van der Waals surface area contributed by atoms with Crippen LogP contribution in [0.15, 0.2) is 12.1 Å². The van der Waals surface area contributed by atoms with Gasteiger partial charge in [0.25, 0.3) is 0 Å². The van der Waals surface area contributed by atoms with E-state index in [1.165, 1.54) is 11.1 Å². The van der Waals surface area contributed by atoms with Gasteiger partial charge in [-0.15, -0.1) is 0 Å². The van der Waals surface area contributed by atoms with Gasteiger partial charge < -0.3 is 5.32 Å². The summed E-state index contributed by atoms with van der Waals surface area (Å²) < 4.78 is 0. The van der Waals surface area contributed by atoms with Crippen molar-refractivity contribution in [3.8, 4) is 0 Å². The minimum Gasteiger partial charge on any atom is -0.310 e. The molecular formula is C16H23Cl2N. The van der Waals surface area contributed by atoms with E-state index in [-0.39, 0.29) is 0 Å². The highest BCUT2D eigenvalue weighted by Gasteiger charge is 2.31. The lowest BCUT2D eigenvalue weighted by atomic mass is 9.83. The van der Waals surface area contributed by atoms with Crippen molar-refractivity contribution in [1.82, 2.24) is 5.32 Å². The van der Waals surface area contributed by atoms with E-state index >= 15 is 0 Å². The molecule has 2 rings (SSSR count). The zero-order chi connectivity index (χ0) is 14.0. The van der Waals surface area contributed by atoms with Crippen molar-refractivity contribution in [2.75, 3.05) is 6.54 Å². The van der Waals surface area contributed by atoms with E-state index in [1.54, 1.807) is 0 Å². The SMILES string of the molecule is CCCNC1CC(C)(C)CCc2c(Cl)ccc(Cl)c21. The Balaban J connectivity index is 2.43. The van der Waals surface area contributed by atoms with Crippen LogP contribution in [0.5, 0.6) is 0 Å². The van der Waals surface area contributed by atoms with Gasteiger partial charge in [-0.1, -0.05) is 44.0 Å². The zero-order valence-electron chi connectivity index (χ0n) is 12.0. The largest absolute Gasteiger partial charge is 0.310 e. The van der Waals surface area contributed by atoms with Crippen molar-refractivity contribution >= 4 is 23.2 Å². The van der Waals surface area contributed by atoms with Crippen molar-refractivity contribution in [1.29, 1.82) is 0 Å². The highest BCUT2D eigenvalue weighted by molar-refractivity contribution is 6.34. The lowest BCUT2D eigenvalue weighted by Crippen LogP contribution is -2.26. The molecule has 1 aromatic rings. The van der Waals surface area contributed by atoms with Gasteiger partial charge in [-0.2, -0.15) is 0 Å². The van der Waals surface area contributed by atoms with Gasteiger partial charge in [0.1, 0.15) is 0 Å². The molecule has 0 aliphatic heterocycles. The topological polar surface area (TPSA) is 12.0 Å². The summed E-state index contributed by atoms with van der Waals surface area (Å²) in [7, 11) is 0. The molecule has 0 radical (unpaired) electrons. The van der Waals surface area contributed by atoms with Crippen molar-refractivity contribution in [2.45, 2.75) is 52.5 Å². The standard InChI is InChI=1S/C16H23Cl2N/c1-4-9-19-14-10-16(2,3)8-7-11-12(17)5-6-13(18)15(11)14/h5-6,14,19H,4,7-10H2,1-3H3. The summed E-state index contributed by atoms with van der Waals surface area (Å²) >= 11 is 12.8.